The summed E-state index contributed by atoms with van der Waals surface area (Å²) in [5, 5.41) is 15.4. The van der Waals surface area contributed by atoms with Gasteiger partial charge in [-0.1, -0.05) is 0 Å². The standard InChI is InChI=1S/C8H9N3O2/c1-5-7(8(12)13)11-6(10-5)3-2-4-9/h2-4,9H,1H3,(H,10,11)(H,12,13)/b3-2-,9-4?. The van der Waals surface area contributed by atoms with Crippen LogP contribution in [0.25, 0.3) is 6.08 Å². The second-order valence-electron chi connectivity index (χ2n) is 2.43. The van der Waals surface area contributed by atoms with Crippen LogP contribution in [-0.4, -0.2) is 27.3 Å². The Labute approximate surface area is 74.6 Å². The zero-order valence-corrected chi connectivity index (χ0v) is 7.03. The van der Waals surface area contributed by atoms with E-state index in [9.17, 15) is 4.79 Å². The molecule has 0 aromatic carbocycles. The minimum Gasteiger partial charge on any atom is -0.476 e. The normalized spacial score (nSPS) is 10.5. The van der Waals surface area contributed by atoms with Gasteiger partial charge in [-0.25, -0.2) is 9.78 Å². The minimum absolute atomic E-state index is 0.0182. The van der Waals surface area contributed by atoms with E-state index in [0.29, 0.717) is 11.5 Å². The Balaban J connectivity index is 3.01. The van der Waals surface area contributed by atoms with Crippen LogP contribution in [0, 0.1) is 12.3 Å². The van der Waals surface area contributed by atoms with Gasteiger partial charge in [-0.3, -0.25) is 0 Å². The molecule has 0 fully saturated rings. The molecule has 0 bridgehead atoms. The van der Waals surface area contributed by atoms with Crippen LogP contribution in [0.4, 0.5) is 0 Å². The lowest BCUT2D eigenvalue weighted by atomic mass is 10.4. The van der Waals surface area contributed by atoms with E-state index in [2.05, 4.69) is 9.97 Å². The number of hydrogen-bond acceptors (Lipinski definition) is 3. The average molecular weight is 179 g/mol. The van der Waals surface area contributed by atoms with Gasteiger partial charge < -0.3 is 15.5 Å². The lowest BCUT2D eigenvalue weighted by Crippen LogP contribution is -1.98. The second-order valence-corrected chi connectivity index (χ2v) is 2.43. The number of carboxylic acids is 1. The van der Waals surface area contributed by atoms with Crippen molar-refractivity contribution in [3.05, 3.63) is 23.3 Å². The summed E-state index contributed by atoms with van der Waals surface area (Å²) in [5.74, 6) is -0.610. The van der Waals surface area contributed by atoms with Crippen molar-refractivity contribution in [1.29, 1.82) is 5.41 Å². The van der Waals surface area contributed by atoms with E-state index in [-0.39, 0.29) is 5.69 Å². The summed E-state index contributed by atoms with van der Waals surface area (Å²) in [6.45, 7) is 1.64. The summed E-state index contributed by atoms with van der Waals surface area (Å²) in [4.78, 5) is 17.1. The summed E-state index contributed by atoms with van der Waals surface area (Å²) < 4.78 is 0. The molecule has 5 nitrogen and oxygen atoms in total. The third kappa shape index (κ3) is 2.02. The summed E-state index contributed by atoms with van der Waals surface area (Å²) in [7, 11) is 0. The van der Waals surface area contributed by atoms with Crippen LogP contribution in [0.2, 0.25) is 0 Å². The lowest BCUT2D eigenvalue weighted by Gasteiger charge is -1.84. The zero-order chi connectivity index (χ0) is 9.84. The molecular weight excluding hydrogens is 170 g/mol. The molecule has 3 N–H and O–H groups in total. The van der Waals surface area contributed by atoms with Crippen LogP contribution in [0.1, 0.15) is 22.0 Å². The molecule has 5 heteroatoms. The highest BCUT2D eigenvalue weighted by Crippen LogP contribution is 2.05. The molecule has 0 atom stereocenters. The molecule has 1 aromatic rings. The van der Waals surface area contributed by atoms with E-state index >= 15 is 0 Å². The Morgan fingerprint density at radius 3 is 2.85 bits per heavy atom. The van der Waals surface area contributed by atoms with Gasteiger partial charge in [0.2, 0.25) is 0 Å². The van der Waals surface area contributed by atoms with Gasteiger partial charge in [0.05, 0.1) is 0 Å². The van der Waals surface area contributed by atoms with E-state index in [1.165, 1.54) is 12.2 Å². The van der Waals surface area contributed by atoms with Crippen LogP contribution in [-0.2, 0) is 0 Å². The highest BCUT2D eigenvalue weighted by Gasteiger charge is 2.11. The van der Waals surface area contributed by atoms with Crippen LogP contribution in [0.3, 0.4) is 0 Å². The Bertz CT molecular complexity index is 365. The molecule has 0 radical (unpaired) electrons. The summed E-state index contributed by atoms with van der Waals surface area (Å²) >= 11 is 0. The molecule has 0 unspecified atom stereocenters. The molecule has 0 amide bonds. The molecule has 0 aliphatic heterocycles. The van der Waals surface area contributed by atoms with Crippen LogP contribution < -0.4 is 0 Å². The smallest absolute Gasteiger partial charge is 0.356 e. The predicted molar refractivity (Wildman–Crippen MR) is 48.1 cm³/mol. The monoisotopic (exact) mass is 179 g/mol. The zero-order valence-electron chi connectivity index (χ0n) is 7.03. The van der Waals surface area contributed by atoms with Crippen LogP contribution in [0.5, 0.6) is 0 Å². The molecule has 0 aliphatic carbocycles. The third-order valence-electron chi connectivity index (χ3n) is 1.46. The van der Waals surface area contributed by atoms with Gasteiger partial charge in [-0.2, -0.15) is 0 Å². The average Bonchev–Trinajstić information content (AvgIpc) is 2.43. The Morgan fingerprint density at radius 2 is 2.38 bits per heavy atom. The maximum Gasteiger partial charge on any atom is 0.356 e. The molecule has 0 saturated carbocycles. The predicted octanol–water partition coefficient (Wildman–Crippen LogP) is 1.08. The molecular formula is C8H9N3O2. The Hall–Kier alpha value is -1.91. The van der Waals surface area contributed by atoms with E-state index in [1.54, 1.807) is 6.92 Å². The second kappa shape index (κ2) is 3.66. The number of H-pyrrole nitrogens is 1. The number of aromatic amines is 1. The summed E-state index contributed by atoms with van der Waals surface area (Å²) in [6.07, 6.45) is 4.09. The van der Waals surface area contributed by atoms with Gasteiger partial charge >= 0.3 is 5.97 Å². The minimum atomic E-state index is -1.05. The van der Waals surface area contributed by atoms with Crippen molar-refractivity contribution in [3.8, 4) is 0 Å². The van der Waals surface area contributed by atoms with E-state index in [1.807, 2.05) is 0 Å². The molecule has 0 aliphatic rings. The number of aromatic nitrogens is 2. The number of carboxylic acid groups (broad SMARTS) is 1. The Morgan fingerprint density at radius 1 is 1.69 bits per heavy atom. The fourth-order valence-electron chi connectivity index (χ4n) is 0.910. The van der Waals surface area contributed by atoms with Crippen molar-refractivity contribution < 1.29 is 9.90 Å². The molecule has 68 valence electrons. The first-order chi connectivity index (χ1) is 6.15. The molecule has 0 spiro atoms. The number of allylic oxidation sites excluding steroid dienone is 1. The van der Waals surface area contributed by atoms with E-state index in [0.717, 1.165) is 6.21 Å². The van der Waals surface area contributed by atoms with Crippen molar-refractivity contribution in [2.75, 3.05) is 0 Å². The first-order valence-corrected chi connectivity index (χ1v) is 3.62. The highest BCUT2D eigenvalue weighted by atomic mass is 16.4. The first-order valence-electron chi connectivity index (χ1n) is 3.62. The van der Waals surface area contributed by atoms with Gasteiger partial charge in [0.1, 0.15) is 5.82 Å². The van der Waals surface area contributed by atoms with Crippen molar-refractivity contribution >= 4 is 18.3 Å². The number of imidazole rings is 1. The third-order valence-corrected chi connectivity index (χ3v) is 1.46. The fraction of sp³-hybridized carbons (Fsp3) is 0.125. The van der Waals surface area contributed by atoms with Crippen LogP contribution in [0.15, 0.2) is 6.08 Å². The van der Waals surface area contributed by atoms with Crippen molar-refractivity contribution in [2.24, 2.45) is 0 Å². The molecule has 1 aromatic heterocycles. The van der Waals surface area contributed by atoms with Gasteiger partial charge in [-0.15, -0.1) is 0 Å². The molecule has 1 rings (SSSR count). The molecule has 0 saturated heterocycles. The number of nitrogens with zero attached hydrogens (tertiary/aromatic N) is 1. The van der Waals surface area contributed by atoms with Gasteiger partial charge in [-0.05, 0) is 19.1 Å². The summed E-state index contributed by atoms with van der Waals surface area (Å²) in [5.41, 5.74) is 0.529. The topological polar surface area (TPSA) is 89.8 Å². The first kappa shape index (κ1) is 9.18. The number of aryl methyl sites for hydroxylation is 1. The molecule has 1 heterocycles. The fourth-order valence-corrected chi connectivity index (χ4v) is 0.910. The number of aromatic carboxylic acids is 1. The highest BCUT2D eigenvalue weighted by molar-refractivity contribution is 5.87. The van der Waals surface area contributed by atoms with Crippen molar-refractivity contribution in [1.82, 2.24) is 9.97 Å². The van der Waals surface area contributed by atoms with Gasteiger partial charge in [0.15, 0.2) is 5.69 Å². The maximum atomic E-state index is 10.6. The number of carbonyl (C=O) groups is 1. The van der Waals surface area contributed by atoms with E-state index < -0.39 is 5.97 Å². The Kier molecular flexibility index (Phi) is 2.59. The van der Waals surface area contributed by atoms with Crippen molar-refractivity contribution in [2.45, 2.75) is 6.92 Å². The van der Waals surface area contributed by atoms with Crippen LogP contribution >= 0.6 is 0 Å². The lowest BCUT2D eigenvalue weighted by molar-refractivity contribution is 0.0690. The summed E-state index contributed by atoms with van der Waals surface area (Å²) in [6, 6.07) is 0. The van der Waals surface area contributed by atoms with Gasteiger partial charge in [0.25, 0.3) is 0 Å². The quantitative estimate of drug-likeness (QED) is 0.606. The number of rotatable bonds is 3. The van der Waals surface area contributed by atoms with Crippen molar-refractivity contribution in [3.63, 3.8) is 0 Å². The largest absolute Gasteiger partial charge is 0.476 e. The maximum absolute atomic E-state index is 10.6. The van der Waals surface area contributed by atoms with E-state index in [4.69, 9.17) is 10.5 Å². The van der Waals surface area contributed by atoms with Gasteiger partial charge in [0, 0.05) is 11.9 Å². The molecule has 13 heavy (non-hydrogen) atoms. The number of hydrogen-bond donors (Lipinski definition) is 3. The number of nitrogens with one attached hydrogen (secondary N) is 2. The SMILES string of the molecule is Cc1[nH]c(/C=C\C=N)nc1C(=O)O.